The molecule has 7 heteroatoms. The molecule has 0 spiro atoms. The molecule has 1 N–H and O–H groups in total. The molecule has 2 aromatic rings. The van der Waals surface area contributed by atoms with Gasteiger partial charge in [0.15, 0.2) is 0 Å². The largest absolute Gasteiger partial charge is 0.416 e. The van der Waals surface area contributed by atoms with Crippen LogP contribution in [0.25, 0.3) is 0 Å². The quantitative estimate of drug-likeness (QED) is 0.920. The van der Waals surface area contributed by atoms with Gasteiger partial charge < -0.3 is 5.32 Å². The summed E-state index contributed by atoms with van der Waals surface area (Å²) in [6, 6.07) is 5.86. The van der Waals surface area contributed by atoms with E-state index >= 15 is 0 Å². The van der Waals surface area contributed by atoms with Crippen molar-refractivity contribution in [2.45, 2.75) is 43.9 Å². The molecule has 124 valence electrons. The van der Waals surface area contributed by atoms with Gasteiger partial charge in [0.25, 0.3) is 0 Å². The first-order valence-corrected chi connectivity index (χ1v) is 7.62. The number of aryl methyl sites for hydroxylation is 1. The highest BCUT2D eigenvalue weighted by Crippen LogP contribution is 2.37. The average molecular weight is 324 g/mol. The molecule has 1 fully saturated rings. The van der Waals surface area contributed by atoms with Crippen molar-refractivity contribution in [3.8, 4) is 0 Å². The maximum absolute atomic E-state index is 12.7. The van der Waals surface area contributed by atoms with E-state index in [4.69, 9.17) is 0 Å². The second-order valence-electron chi connectivity index (χ2n) is 6.23. The van der Waals surface area contributed by atoms with E-state index in [9.17, 15) is 13.2 Å². The van der Waals surface area contributed by atoms with Gasteiger partial charge in [-0.15, -0.1) is 5.10 Å². The molecule has 1 aliphatic rings. The van der Waals surface area contributed by atoms with Crippen molar-refractivity contribution in [1.29, 1.82) is 0 Å². The number of hydrogen-bond donors (Lipinski definition) is 1. The smallest absolute Gasteiger partial charge is 0.306 e. The van der Waals surface area contributed by atoms with Crippen LogP contribution in [-0.4, -0.2) is 21.0 Å². The van der Waals surface area contributed by atoms with E-state index in [0.717, 1.165) is 24.1 Å². The first-order chi connectivity index (χ1) is 10.8. The third-order valence-electron chi connectivity index (χ3n) is 4.33. The van der Waals surface area contributed by atoms with Gasteiger partial charge in [-0.25, -0.2) is 0 Å². The lowest BCUT2D eigenvalue weighted by molar-refractivity contribution is -0.137. The number of nitrogens with one attached hydrogen (secondary N) is 1. The van der Waals surface area contributed by atoms with Crippen LogP contribution in [0, 0.1) is 0 Å². The summed E-state index contributed by atoms with van der Waals surface area (Å²) in [4.78, 5) is 0. The zero-order valence-electron chi connectivity index (χ0n) is 13.0. The molecule has 1 aliphatic heterocycles. The summed E-state index contributed by atoms with van der Waals surface area (Å²) in [5.74, 6) is 0.209. The van der Waals surface area contributed by atoms with E-state index in [2.05, 4.69) is 22.6 Å². The normalized spacial score (nSPS) is 25.5. The Kier molecular flexibility index (Phi) is 4.14. The highest BCUT2D eigenvalue weighted by molar-refractivity contribution is 5.28. The molecule has 23 heavy (non-hydrogen) atoms. The van der Waals surface area contributed by atoms with Crippen LogP contribution >= 0.6 is 0 Å². The summed E-state index contributed by atoms with van der Waals surface area (Å²) in [7, 11) is 1.82. The molecule has 0 radical (unpaired) electrons. The van der Waals surface area contributed by atoms with Crippen LogP contribution < -0.4 is 5.32 Å². The van der Waals surface area contributed by atoms with Crippen molar-refractivity contribution in [2.24, 2.45) is 7.05 Å². The molecule has 1 aromatic carbocycles. The molecule has 0 bridgehead atoms. The number of hydrogen-bond acceptors (Lipinski definition) is 3. The van der Waals surface area contributed by atoms with Gasteiger partial charge in [-0.05, 0) is 43.4 Å². The van der Waals surface area contributed by atoms with E-state index in [1.54, 1.807) is 16.8 Å². The molecule has 1 saturated heterocycles. The summed E-state index contributed by atoms with van der Waals surface area (Å²) in [6.07, 6.45) is -0.724. The number of benzene rings is 1. The first kappa shape index (κ1) is 16.0. The van der Waals surface area contributed by atoms with E-state index in [1.807, 2.05) is 13.2 Å². The van der Waals surface area contributed by atoms with E-state index in [-0.39, 0.29) is 18.0 Å². The van der Waals surface area contributed by atoms with Crippen LogP contribution in [0.3, 0.4) is 0 Å². The Balaban J connectivity index is 1.79. The summed E-state index contributed by atoms with van der Waals surface area (Å²) in [5.41, 5.74) is 1.21. The number of piperidine rings is 1. The summed E-state index contributed by atoms with van der Waals surface area (Å²) in [6.45, 7) is 2.08. The van der Waals surface area contributed by atoms with Gasteiger partial charge in [-0.3, -0.25) is 4.68 Å². The van der Waals surface area contributed by atoms with E-state index in [0.29, 0.717) is 0 Å². The van der Waals surface area contributed by atoms with Gasteiger partial charge in [-0.1, -0.05) is 17.3 Å². The number of halogens is 3. The predicted octanol–water partition coefficient (Wildman–Crippen LogP) is 3.43. The van der Waals surface area contributed by atoms with Gasteiger partial charge >= 0.3 is 6.18 Å². The van der Waals surface area contributed by atoms with E-state index < -0.39 is 11.7 Å². The fourth-order valence-corrected chi connectivity index (χ4v) is 3.23. The molecule has 0 saturated carbocycles. The maximum Gasteiger partial charge on any atom is 0.416 e. The monoisotopic (exact) mass is 324 g/mol. The number of rotatable bonds is 2. The third-order valence-corrected chi connectivity index (χ3v) is 4.33. The Labute approximate surface area is 132 Å². The Morgan fingerprint density at radius 2 is 1.87 bits per heavy atom. The highest BCUT2D eigenvalue weighted by Gasteiger charge is 2.32. The lowest BCUT2D eigenvalue weighted by Gasteiger charge is -2.34. The fraction of sp³-hybridized carbons (Fsp3) is 0.500. The van der Waals surface area contributed by atoms with Crippen LogP contribution in [0.2, 0.25) is 0 Å². The molecule has 4 nitrogen and oxygen atoms in total. The van der Waals surface area contributed by atoms with Crippen molar-refractivity contribution >= 4 is 0 Å². The standard InChI is InChI=1S/C16H19F3N4/c1-10-7-12(8-14(20-10)15-9-23(2)22-21-15)11-3-5-13(6-4-11)16(17,18)19/h3-6,9-10,12,14,20H,7-8H2,1-2H3/t10-,12-,14-/m0/s1. The van der Waals surface area contributed by atoms with Gasteiger partial charge in [-0.2, -0.15) is 13.2 Å². The minimum Gasteiger partial charge on any atom is -0.306 e. The van der Waals surface area contributed by atoms with Gasteiger partial charge in [0.1, 0.15) is 0 Å². The van der Waals surface area contributed by atoms with Crippen LogP contribution in [0.15, 0.2) is 30.5 Å². The van der Waals surface area contributed by atoms with Crippen molar-refractivity contribution in [3.05, 3.63) is 47.3 Å². The second-order valence-corrected chi connectivity index (χ2v) is 6.23. The molecular weight excluding hydrogens is 305 g/mol. The van der Waals surface area contributed by atoms with Crippen LogP contribution in [-0.2, 0) is 13.2 Å². The van der Waals surface area contributed by atoms with Crippen molar-refractivity contribution < 1.29 is 13.2 Å². The summed E-state index contributed by atoms with van der Waals surface area (Å²) < 4.78 is 39.7. The van der Waals surface area contributed by atoms with Crippen molar-refractivity contribution in [1.82, 2.24) is 20.3 Å². The SMILES string of the molecule is C[C@H]1C[C@H](c2ccc(C(F)(F)F)cc2)C[C@@H](c2cn(C)nn2)N1. The molecule has 1 aromatic heterocycles. The Bertz CT molecular complexity index is 663. The lowest BCUT2D eigenvalue weighted by Crippen LogP contribution is -2.38. The topological polar surface area (TPSA) is 42.7 Å². The number of alkyl halides is 3. The molecular formula is C16H19F3N4. The Morgan fingerprint density at radius 1 is 1.17 bits per heavy atom. The van der Waals surface area contributed by atoms with Crippen LogP contribution in [0.4, 0.5) is 13.2 Å². The number of nitrogens with zero attached hydrogens (tertiary/aromatic N) is 3. The number of aromatic nitrogens is 3. The predicted molar refractivity (Wildman–Crippen MR) is 79.8 cm³/mol. The highest BCUT2D eigenvalue weighted by atomic mass is 19.4. The second kappa shape index (κ2) is 5.96. The molecule has 0 unspecified atom stereocenters. The minimum absolute atomic E-state index is 0.0692. The first-order valence-electron chi connectivity index (χ1n) is 7.62. The summed E-state index contributed by atoms with van der Waals surface area (Å²) in [5, 5.41) is 11.6. The minimum atomic E-state index is -4.29. The Morgan fingerprint density at radius 3 is 2.43 bits per heavy atom. The maximum atomic E-state index is 12.7. The zero-order chi connectivity index (χ0) is 16.6. The average Bonchev–Trinajstić information content (AvgIpc) is 2.92. The molecule has 0 aliphatic carbocycles. The van der Waals surface area contributed by atoms with E-state index in [1.165, 1.54) is 12.1 Å². The van der Waals surface area contributed by atoms with Crippen LogP contribution in [0.5, 0.6) is 0 Å². The van der Waals surface area contributed by atoms with Gasteiger partial charge in [0.2, 0.25) is 0 Å². The zero-order valence-corrected chi connectivity index (χ0v) is 13.0. The van der Waals surface area contributed by atoms with Crippen LogP contribution in [0.1, 0.15) is 48.5 Å². The van der Waals surface area contributed by atoms with Crippen molar-refractivity contribution in [3.63, 3.8) is 0 Å². The molecule has 3 atom stereocenters. The van der Waals surface area contributed by atoms with Crippen molar-refractivity contribution in [2.75, 3.05) is 0 Å². The molecule has 3 rings (SSSR count). The Hall–Kier alpha value is -1.89. The summed E-state index contributed by atoms with van der Waals surface area (Å²) >= 11 is 0. The van der Waals surface area contributed by atoms with Gasteiger partial charge in [0, 0.05) is 19.3 Å². The molecule has 0 amide bonds. The fourth-order valence-electron chi connectivity index (χ4n) is 3.23. The lowest BCUT2D eigenvalue weighted by atomic mass is 9.82. The third kappa shape index (κ3) is 3.55. The van der Waals surface area contributed by atoms with Gasteiger partial charge in [0.05, 0.1) is 17.3 Å². The molecule has 2 heterocycles.